The lowest BCUT2D eigenvalue weighted by Crippen LogP contribution is -2.47. The molecule has 5 nitrogen and oxygen atoms in total. The molecule has 2 fully saturated rings. The van der Waals surface area contributed by atoms with Gasteiger partial charge in [-0.3, -0.25) is 9.59 Å². The van der Waals surface area contributed by atoms with Crippen LogP contribution in [0.25, 0.3) is 0 Å². The van der Waals surface area contributed by atoms with Gasteiger partial charge in [-0.15, -0.1) is 0 Å². The van der Waals surface area contributed by atoms with Crippen LogP contribution in [0.2, 0.25) is 0 Å². The van der Waals surface area contributed by atoms with Crippen molar-refractivity contribution in [3.8, 4) is 0 Å². The van der Waals surface area contributed by atoms with Crippen LogP contribution in [0, 0.1) is 11.8 Å². The Morgan fingerprint density at radius 2 is 2.24 bits per heavy atom. The van der Waals surface area contributed by atoms with Crippen LogP contribution in [0.4, 0.5) is 0 Å². The molecule has 2 aliphatic rings. The van der Waals surface area contributed by atoms with E-state index in [0.29, 0.717) is 11.8 Å². The highest BCUT2D eigenvalue weighted by molar-refractivity contribution is 5.83. The van der Waals surface area contributed by atoms with E-state index in [2.05, 4.69) is 10.6 Å². The molecular formula is C12H20N2O3. The van der Waals surface area contributed by atoms with Crippen LogP contribution in [-0.4, -0.2) is 35.6 Å². The lowest BCUT2D eigenvalue weighted by atomic mass is 9.93. The fourth-order valence-corrected chi connectivity index (χ4v) is 3.12. The molecule has 1 saturated heterocycles. The molecule has 0 bridgehead atoms. The van der Waals surface area contributed by atoms with Gasteiger partial charge >= 0.3 is 5.97 Å². The molecule has 0 aromatic rings. The zero-order valence-corrected chi connectivity index (χ0v) is 10.1. The van der Waals surface area contributed by atoms with Gasteiger partial charge in [0.1, 0.15) is 0 Å². The molecule has 4 unspecified atom stereocenters. The summed E-state index contributed by atoms with van der Waals surface area (Å²) in [5.41, 5.74) is 0. The molecule has 0 spiro atoms. The number of nitrogens with one attached hydrogen (secondary N) is 2. The van der Waals surface area contributed by atoms with E-state index in [4.69, 9.17) is 5.11 Å². The van der Waals surface area contributed by atoms with Gasteiger partial charge in [-0.2, -0.15) is 0 Å². The summed E-state index contributed by atoms with van der Waals surface area (Å²) in [7, 11) is 0. The molecule has 96 valence electrons. The number of fused-ring (bicyclic) bond motifs is 1. The highest BCUT2D eigenvalue weighted by atomic mass is 16.4. The van der Waals surface area contributed by atoms with Gasteiger partial charge in [0.15, 0.2) is 0 Å². The molecule has 0 radical (unpaired) electrons. The van der Waals surface area contributed by atoms with Crippen molar-refractivity contribution in [2.75, 3.05) is 6.54 Å². The van der Waals surface area contributed by atoms with Crippen LogP contribution in [-0.2, 0) is 9.59 Å². The van der Waals surface area contributed by atoms with E-state index in [9.17, 15) is 9.59 Å². The van der Waals surface area contributed by atoms with Gasteiger partial charge in [0.05, 0.1) is 12.5 Å². The minimum absolute atomic E-state index is 0.0213. The van der Waals surface area contributed by atoms with E-state index in [1.165, 1.54) is 12.8 Å². The van der Waals surface area contributed by atoms with Crippen molar-refractivity contribution >= 4 is 11.9 Å². The molecule has 2 rings (SSSR count). The molecule has 1 saturated carbocycles. The highest BCUT2D eigenvalue weighted by Crippen LogP contribution is 2.37. The van der Waals surface area contributed by atoms with E-state index in [0.717, 1.165) is 13.0 Å². The summed E-state index contributed by atoms with van der Waals surface area (Å²) in [6.45, 7) is 2.66. The summed E-state index contributed by atoms with van der Waals surface area (Å²) in [6, 6.07) is -0.416. The lowest BCUT2D eigenvalue weighted by Gasteiger charge is -2.20. The average Bonchev–Trinajstić information content (AvgIpc) is 2.74. The highest BCUT2D eigenvalue weighted by Gasteiger charge is 2.42. The van der Waals surface area contributed by atoms with Crippen molar-refractivity contribution in [1.82, 2.24) is 10.6 Å². The quantitative estimate of drug-likeness (QED) is 0.662. The first-order chi connectivity index (χ1) is 8.08. The number of rotatable bonds is 4. The third-order valence-electron chi connectivity index (χ3n) is 3.90. The van der Waals surface area contributed by atoms with Crippen LogP contribution in [0.15, 0.2) is 0 Å². The van der Waals surface area contributed by atoms with Gasteiger partial charge in [-0.25, -0.2) is 0 Å². The van der Waals surface area contributed by atoms with Gasteiger partial charge in [0.2, 0.25) is 5.91 Å². The van der Waals surface area contributed by atoms with Crippen LogP contribution in [0.5, 0.6) is 0 Å². The number of hydrogen-bond donors (Lipinski definition) is 3. The molecule has 0 aromatic heterocycles. The Hall–Kier alpha value is -1.10. The van der Waals surface area contributed by atoms with E-state index in [-0.39, 0.29) is 24.4 Å². The van der Waals surface area contributed by atoms with E-state index >= 15 is 0 Å². The van der Waals surface area contributed by atoms with Crippen LogP contribution >= 0.6 is 0 Å². The predicted octanol–water partition coefficient (Wildman–Crippen LogP) is 0.354. The van der Waals surface area contributed by atoms with Crippen molar-refractivity contribution in [3.05, 3.63) is 0 Å². The first-order valence-electron chi connectivity index (χ1n) is 6.33. The van der Waals surface area contributed by atoms with E-state index in [1.54, 1.807) is 6.92 Å². The number of hydrogen-bond acceptors (Lipinski definition) is 3. The Bertz CT molecular complexity index is 319. The predicted molar refractivity (Wildman–Crippen MR) is 62.5 cm³/mol. The Kier molecular flexibility index (Phi) is 3.66. The van der Waals surface area contributed by atoms with Gasteiger partial charge in [0, 0.05) is 6.04 Å². The first kappa shape index (κ1) is 12.4. The van der Waals surface area contributed by atoms with Crippen molar-refractivity contribution in [1.29, 1.82) is 0 Å². The molecule has 3 N–H and O–H groups in total. The number of carbonyl (C=O) groups is 2. The molecule has 4 atom stereocenters. The van der Waals surface area contributed by atoms with Crippen molar-refractivity contribution in [2.24, 2.45) is 11.8 Å². The first-order valence-corrected chi connectivity index (χ1v) is 6.33. The third-order valence-corrected chi connectivity index (χ3v) is 3.90. The van der Waals surface area contributed by atoms with Crippen molar-refractivity contribution < 1.29 is 14.7 Å². The monoisotopic (exact) mass is 240 g/mol. The van der Waals surface area contributed by atoms with Crippen LogP contribution < -0.4 is 10.6 Å². The van der Waals surface area contributed by atoms with Gasteiger partial charge in [0.25, 0.3) is 0 Å². The zero-order chi connectivity index (χ0) is 12.4. The molecule has 5 heteroatoms. The number of aliphatic carboxylic acids is 1. The summed E-state index contributed by atoms with van der Waals surface area (Å²) >= 11 is 0. The standard InChI is InChI=1S/C12H20N2O3/c1-7(5-10(15)16)14-12(17)11-9-4-2-3-8(9)6-13-11/h7-9,11,13H,2-6H2,1H3,(H,14,17)(H,15,16). The van der Waals surface area contributed by atoms with Crippen molar-refractivity contribution in [2.45, 2.75) is 44.7 Å². The SMILES string of the molecule is CC(CC(=O)O)NC(=O)C1NCC2CCCC21. The Labute approximate surface area is 101 Å². The molecule has 1 aliphatic carbocycles. The van der Waals surface area contributed by atoms with Crippen LogP contribution in [0.1, 0.15) is 32.6 Å². The Morgan fingerprint density at radius 1 is 1.47 bits per heavy atom. The van der Waals surface area contributed by atoms with E-state index in [1.807, 2.05) is 0 Å². The largest absolute Gasteiger partial charge is 0.481 e. The van der Waals surface area contributed by atoms with Gasteiger partial charge < -0.3 is 15.7 Å². The second-order valence-electron chi connectivity index (χ2n) is 5.25. The minimum Gasteiger partial charge on any atom is -0.481 e. The number of carboxylic acid groups (broad SMARTS) is 1. The second-order valence-corrected chi connectivity index (χ2v) is 5.25. The minimum atomic E-state index is -0.879. The molecule has 1 amide bonds. The zero-order valence-electron chi connectivity index (χ0n) is 10.1. The molecular weight excluding hydrogens is 220 g/mol. The number of carbonyl (C=O) groups excluding carboxylic acids is 1. The summed E-state index contributed by atoms with van der Waals surface area (Å²) in [4.78, 5) is 22.5. The topological polar surface area (TPSA) is 78.4 Å². The Morgan fingerprint density at radius 3 is 2.94 bits per heavy atom. The molecule has 0 aromatic carbocycles. The maximum atomic E-state index is 12.0. The van der Waals surface area contributed by atoms with Gasteiger partial charge in [-0.1, -0.05) is 6.42 Å². The molecule has 17 heavy (non-hydrogen) atoms. The van der Waals surface area contributed by atoms with Crippen LogP contribution in [0.3, 0.4) is 0 Å². The lowest BCUT2D eigenvalue weighted by molar-refractivity contribution is -0.137. The Balaban J connectivity index is 1.85. The smallest absolute Gasteiger partial charge is 0.305 e. The summed E-state index contributed by atoms with van der Waals surface area (Å²) < 4.78 is 0. The molecule has 1 aliphatic heterocycles. The molecule has 1 heterocycles. The number of amides is 1. The summed E-state index contributed by atoms with van der Waals surface area (Å²) in [5, 5.41) is 14.7. The number of carboxylic acids is 1. The maximum Gasteiger partial charge on any atom is 0.305 e. The second kappa shape index (κ2) is 5.04. The summed E-state index contributed by atoms with van der Waals surface area (Å²) in [6.07, 6.45) is 3.52. The average molecular weight is 240 g/mol. The van der Waals surface area contributed by atoms with Gasteiger partial charge in [-0.05, 0) is 38.1 Å². The fraction of sp³-hybridized carbons (Fsp3) is 0.833. The van der Waals surface area contributed by atoms with E-state index < -0.39 is 5.97 Å². The summed E-state index contributed by atoms with van der Waals surface area (Å²) in [5.74, 6) is 0.177. The maximum absolute atomic E-state index is 12.0. The fourth-order valence-electron chi connectivity index (χ4n) is 3.12. The third kappa shape index (κ3) is 2.77. The normalized spacial score (nSPS) is 33.1. The van der Waals surface area contributed by atoms with Crippen molar-refractivity contribution in [3.63, 3.8) is 0 Å².